The minimum atomic E-state index is -0.830. The van der Waals surface area contributed by atoms with Gasteiger partial charge in [-0.05, 0) is 24.4 Å². The number of rotatable bonds is 6. The summed E-state index contributed by atoms with van der Waals surface area (Å²) in [5.41, 5.74) is 2.71. The number of hydrogen-bond acceptors (Lipinski definition) is 6. The first-order chi connectivity index (χ1) is 15.0. The molecule has 1 amide bonds. The Morgan fingerprint density at radius 3 is 2.52 bits per heavy atom. The number of aromatic amines is 1. The van der Waals surface area contributed by atoms with Crippen molar-refractivity contribution in [1.82, 2.24) is 20.3 Å². The molecule has 8 nitrogen and oxygen atoms in total. The molecule has 162 valence electrons. The minimum absolute atomic E-state index is 0.114. The van der Waals surface area contributed by atoms with E-state index in [-0.39, 0.29) is 32.3 Å². The van der Waals surface area contributed by atoms with Crippen LogP contribution >= 0.6 is 9.24 Å². The van der Waals surface area contributed by atoms with Gasteiger partial charge in [-0.1, -0.05) is 24.3 Å². The number of carbonyl (C=O) groups is 1. The molecule has 4 rings (SSSR count). The molecule has 1 aliphatic rings. The lowest BCUT2D eigenvalue weighted by molar-refractivity contribution is -0.231. The monoisotopic (exact) mass is 440 g/mol. The van der Waals surface area contributed by atoms with Gasteiger partial charge < -0.3 is 24.9 Å². The average Bonchev–Trinajstić information content (AvgIpc) is 3.24. The molecular weight excluding hydrogens is 415 g/mol. The van der Waals surface area contributed by atoms with E-state index in [9.17, 15) is 4.79 Å². The summed E-state index contributed by atoms with van der Waals surface area (Å²) in [5, 5.41) is 12.7. The number of carbonyl (C=O) groups excluding carboxylic acids is 1. The van der Waals surface area contributed by atoms with Gasteiger partial charge in [-0.3, -0.25) is 9.78 Å². The third-order valence-corrected chi connectivity index (χ3v) is 5.54. The first kappa shape index (κ1) is 21.6. The number of ether oxygens (including phenoxy) is 2. The third kappa shape index (κ3) is 4.67. The first-order valence-corrected chi connectivity index (χ1v) is 10.6. The molecule has 0 saturated carbocycles. The molecule has 1 fully saturated rings. The van der Waals surface area contributed by atoms with Crippen LogP contribution in [0.4, 0.5) is 0 Å². The maximum absolute atomic E-state index is 12.4. The molecule has 1 aromatic carbocycles. The number of amides is 1. The summed E-state index contributed by atoms with van der Waals surface area (Å²) < 4.78 is 11.8. The molecule has 0 aliphatic carbocycles. The lowest BCUT2D eigenvalue weighted by atomic mass is 9.91. The summed E-state index contributed by atoms with van der Waals surface area (Å²) in [6, 6.07) is 11.9. The summed E-state index contributed by atoms with van der Waals surface area (Å²) in [7, 11) is 2.67. The van der Waals surface area contributed by atoms with Crippen LogP contribution in [0.5, 0.6) is 0 Å². The van der Waals surface area contributed by atoms with E-state index in [0.717, 1.165) is 27.8 Å². The van der Waals surface area contributed by atoms with E-state index in [4.69, 9.17) is 19.6 Å². The molecular formula is C22H25N4O4P. The maximum atomic E-state index is 12.4. The molecule has 0 spiro atoms. The molecule has 1 atom stereocenters. The standard InChI is InChI=1S/C22H25N4O4P/c1-22(21(28)24-10-11-27)12-29-20(30-13-22)19-25-17(14-2-4-16(31)5-3-14)18(26-19)15-6-8-23-9-7-15/h2-9,20,27H,10-13,31H2,1H3,(H,24,28)(H,25,26). The number of pyridine rings is 1. The largest absolute Gasteiger partial charge is 0.395 e. The van der Waals surface area contributed by atoms with Crippen LogP contribution in [0.3, 0.4) is 0 Å². The van der Waals surface area contributed by atoms with Crippen molar-refractivity contribution in [3.05, 3.63) is 54.6 Å². The highest BCUT2D eigenvalue weighted by Crippen LogP contribution is 2.35. The Hall–Kier alpha value is -2.64. The number of imidazole rings is 1. The molecule has 3 heterocycles. The van der Waals surface area contributed by atoms with Gasteiger partial charge >= 0.3 is 0 Å². The van der Waals surface area contributed by atoms with E-state index in [2.05, 4.69) is 24.5 Å². The van der Waals surface area contributed by atoms with Gasteiger partial charge in [0.2, 0.25) is 12.2 Å². The van der Waals surface area contributed by atoms with Gasteiger partial charge in [-0.25, -0.2) is 4.98 Å². The maximum Gasteiger partial charge on any atom is 0.230 e. The Morgan fingerprint density at radius 1 is 1.19 bits per heavy atom. The van der Waals surface area contributed by atoms with Crippen molar-refractivity contribution in [1.29, 1.82) is 0 Å². The summed E-state index contributed by atoms with van der Waals surface area (Å²) in [5.74, 6) is 0.324. The predicted molar refractivity (Wildman–Crippen MR) is 119 cm³/mol. The fraction of sp³-hybridized carbons (Fsp3) is 0.318. The molecule has 31 heavy (non-hydrogen) atoms. The fourth-order valence-electron chi connectivity index (χ4n) is 3.36. The summed E-state index contributed by atoms with van der Waals surface area (Å²) in [4.78, 5) is 24.6. The number of aliphatic hydroxyl groups is 1. The lowest BCUT2D eigenvalue weighted by Crippen LogP contribution is -2.49. The van der Waals surface area contributed by atoms with Gasteiger partial charge in [0.15, 0.2) is 5.82 Å². The minimum Gasteiger partial charge on any atom is -0.395 e. The topological polar surface area (TPSA) is 109 Å². The van der Waals surface area contributed by atoms with Crippen LogP contribution in [0.15, 0.2) is 48.8 Å². The zero-order chi connectivity index (χ0) is 21.8. The van der Waals surface area contributed by atoms with Crippen molar-refractivity contribution in [3.8, 4) is 22.5 Å². The van der Waals surface area contributed by atoms with Crippen molar-refractivity contribution in [3.63, 3.8) is 0 Å². The Labute approximate surface area is 182 Å². The smallest absolute Gasteiger partial charge is 0.230 e. The number of H-pyrrole nitrogens is 1. The molecule has 1 aliphatic heterocycles. The van der Waals surface area contributed by atoms with Gasteiger partial charge in [0.1, 0.15) is 0 Å². The van der Waals surface area contributed by atoms with Crippen molar-refractivity contribution in [2.45, 2.75) is 13.2 Å². The second kappa shape index (κ2) is 9.24. The van der Waals surface area contributed by atoms with Crippen molar-refractivity contribution >= 4 is 20.5 Å². The number of nitrogens with one attached hydrogen (secondary N) is 2. The number of hydrogen-bond donors (Lipinski definition) is 3. The van der Waals surface area contributed by atoms with Gasteiger partial charge in [0, 0.05) is 30.1 Å². The molecule has 1 saturated heterocycles. The highest BCUT2D eigenvalue weighted by molar-refractivity contribution is 7.27. The molecule has 9 heteroatoms. The van der Waals surface area contributed by atoms with E-state index in [1.807, 2.05) is 36.4 Å². The van der Waals surface area contributed by atoms with Crippen molar-refractivity contribution in [2.24, 2.45) is 5.41 Å². The third-order valence-electron chi connectivity index (χ3n) is 5.15. The molecule has 0 bridgehead atoms. The predicted octanol–water partition coefficient (Wildman–Crippen LogP) is 1.80. The number of nitrogens with zero attached hydrogens (tertiary/aromatic N) is 2. The highest BCUT2D eigenvalue weighted by Gasteiger charge is 2.40. The van der Waals surface area contributed by atoms with E-state index < -0.39 is 11.7 Å². The van der Waals surface area contributed by atoms with Gasteiger partial charge in [-0.15, -0.1) is 9.24 Å². The zero-order valence-corrected chi connectivity index (χ0v) is 18.3. The summed E-state index contributed by atoms with van der Waals surface area (Å²) in [6.45, 7) is 2.21. The molecule has 3 aromatic rings. The zero-order valence-electron chi connectivity index (χ0n) is 17.2. The summed E-state index contributed by atoms with van der Waals surface area (Å²) in [6.07, 6.45) is 2.75. The second-order valence-electron chi connectivity index (χ2n) is 7.70. The second-order valence-corrected chi connectivity index (χ2v) is 8.36. The van der Waals surface area contributed by atoms with Gasteiger partial charge in [0.25, 0.3) is 0 Å². The molecule has 2 aromatic heterocycles. The van der Waals surface area contributed by atoms with E-state index in [1.54, 1.807) is 19.3 Å². The highest BCUT2D eigenvalue weighted by atomic mass is 31.0. The van der Waals surface area contributed by atoms with E-state index >= 15 is 0 Å². The first-order valence-electron chi connectivity index (χ1n) is 9.99. The SMILES string of the molecule is CC1(C(=O)NCCO)COC(c2nc(-c3ccc(P)cc3)c(-c3ccncc3)[nH]2)OC1. The summed E-state index contributed by atoms with van der Waals surface area (Å²) >= 11 is 0. The Balaban J connectivity index is 1.60. The van der Waals surface area contributed by atoms with Crippen LogP contribution < -0.4 is 10.6 Å². The number of aliphatic hydroxyl groups excluding tert-OH is 1. The number of aromatic nitrogens is 3. The van der Waals surface area contributed by atoms with Crippen LogP contribution in [-0.2, 0) is 14.3 Å². The average molecular weight is 440 g/mol. The Morgan fingerprint density at radius 2 is 1.87 bits per heavy atom. The normalized spacial score (nSPS) is 21.1. The van der Waals surface area contributed by atoms with E-state index in [0.29, 0.717) is 5.82 Å². The van der Waals surface area contributed by atoms with Crippen molar-refractivity contribution < 1.29 is 19.4 Å². The van der Waals surface area contributed by atoms with Crippen LogP contribution in [0.25, 0.3) is 22.5 Å². The molecule has 1 unspecified atom stereocenters. The van der Waals surface area contributed by atoms with Crippen LogP contribution in [0.1, 0.15) is 19.0 Å². The Bertz CT molecular complexity index is 1030. The molecule has 0 radical (unpaired) electrons. The van der Waals surface area contributed by atoms with Crippen molar-refractivity contribution in [2.75, 3.05) is 26.4 Å². The van der Waals surface area contributed by atoms with E-state index in [1.165, 1.54) is 0 Å². The van der Waals surface area contributed by atoms with Gasteiger partial charge in [0.05, 0.1) is 36.6 Å². The van der Waals surface area contributed by atoms with Crippen LogP contribution in [0.2, 0.25) is 0 Å². The number of benzene rings is 1. The Kier molecular flexibility index (Phi) is 6.43. The van der Waals surface area contributed by atoms with Crippen LogP contribution in [-0.4, -0.2) is 52.3 Å². The quantitative estimate of drug-likeness (QED) is 0.505. The molecule has 3 N–H and O–H groups in total. The van der Waals surface area contributed by atoms with Gasteiger partial charge in [-0.2, -0.15) is 0 Å². The lowest BCUT2D eigenvalue weighted by Gasteiger charge is -2.35. The fourth-order valence-corrected chi connectivity index (χ4v) is 3.55. The van der Waals surface area contributed by atoms with Crippen LogP contribution in [0, 0.1) is 5.41 Å².